The number of amides is 2. The van der Waals surface area contributed by atoms with E-state index in [4.69, 9.17) is 9.47 Å². The summed E-state index contributed by atoms with van der Waals surface area (Å²) in [6.07, 6.45) is 0. The maximum absolute atomic E-state index is 12.4. The topological polar surface area (TPSA) is 71.0 Å². The van der Waals surface area contributed by atoms with Crippen molar-refractivity contribution in [2.24, 2.45) is 5.92 Å². The molecule has 3 rings (SSSR count). The Kier molecular flexibility index (Phi) is 6.27. The van der Waals surface area contributed by atoms with E-state index >= 15 is 0 Å². The average Bonchev–Trinajstić information content (AvgIpc) is 3.04. The molecule has 2 N–H and O–H groups in total. The molecule has 0 radical (unpaired) electrons. The van der Waals surface area contributed by atoms with E-state index in [1.165, 1.54) is 4.88 Å². The van der Waals surface area contributed by atoms with E-state index in [0.29, 0.717) is 38.6 Å². The van der Waals surface area contributed by atoms with E-state index in [1.807, 2.05) is 41.8 Å². The molecule has 25 heavy (non-hydrogen) atoms. The lowest BCUT2D eigenvalue weighted by Crippen LogP contribution is -2.39. The van der Waals surface area contributed by atoms with Crippen LogP contribution in [0.1, 0.15) is 4.88 Å². The minimum atomic E-state index is -0.184. The highest BCUT2D eigenvalue weighted by Gasteiger charge is 2.22. The number of carbonyl (C=O) groups is 1. The number of hydrogen-bond donors (Lipinski definition) is 2. The highest BCUT2D eigenvalue weighted by atomic mass is 32.1. The Balaban J connectivity index is 1.52. The Morgan fingerprint density at radius 3 is 2.92 bits per heavy atom. The van der Waals surface area contributed by atoms with E-state index in [-0.39, 0.29) is 18.6 Å². The van der Waals surface area contributed by atoms with Gasteiger partial charge in [-0.3, -0.25) is 0 Å². The first-order chi connectivity index (χ1) is 12.2. The molecule has 0 bridgehead atoms. The van der Waals surface area contributed by atoms with Crippen LogP contribution in [0, 0.1) is 5.92 Å². The Bertz CT molecular complexity index is 660. The monoisotopic (exact) mass is 362 g/mol. The van der Waals surface area contributed by atoms with E-state index < -0.39 is 0 Å². The Morgan fingerprint density at radius 1 is 1.36 bits per heavy atom. The molecular formula is C18H22N2O4S. The summed E-state index contributed by atoms with van der Waals surface area (Å²) in [6, 6.07) is 11.2. The second-order valence-corrected chi connectivity index (χ2v) is 6.92. The molecule has 6 nitrogen and oxygen atoms in total. The molecule has 2 heterocycles. The molecule has 2 amide bonds. The molecule has 7 heteroatoms. The van der Waals surface area contributed by atoms with Crippen molar-refractivity contribution in [3.63, 3.8) is 0 Å². The van der Waals surface area contributed by atoms with Crippen LogP contribution < -0.4 is 10.1 Å². The number of aliphatic hydroxyl groups excluding tert-OH is 1. The highest BCUT2D eigenvalue weighted by molar-refractivity contribution is 7.09. The lowest BCUT2D eigenvalue weighted by atomic mass is 10.2. The number of nitrogens with one attached hydrogen (secondary N) is 1. The molecule has 1 aliphatic heterocycles. The second kappa shape index (κ2) is 8.84. The molecule has 1 saturated heterocycles. The number of hydrogen-bond acceptors (Lipinski definition) is 5. The van der Waals surface area contributed by atoms with Crippen LogP contribution in [0.4, 0.5) is 10.5 Å². The predicted molar refractivity (Wildman–Crippen MR) is 97.1 cm³/mol. The quantitative estimate of drug-likeness (QED) is 0.858. The van der Waals surface area contributed by atoms with Crippen molar-refractivity contribution in [3.8, 4) is 5.75 Å². The first kappa shape index (κ1) is 17.7. The van der Waals surface area contributed by atoms with Crippen molar-refractivity contribution in [3.05, 3.63) is 46.7 Å². The molecule has 134 valence electrons. The van der Waals surface area contributed by atoms with Gasteiger partial charge < -0.3 is 24.8 Å². The van der Waals surface area contributed by atoms with Crippen LogP contribution >= 0.6 is 11.3 Å². The third-order valence-corrected chi connectivity index (χ3v) is 4.80. The van der Waals surface area contributed by atoms with E-state index in [1.54, 1.807) is 16.2 Å². The van der Waals surface area contributed by atoms with Crippen LogP contribution in [0.15, 0.2) is 41.8 Å². The van der Waals surface area contributed by atoms with Crippen LogP contribution in [-0.2, 0) is 11.3 Å². The number of carbonyl (C=O) groups excluding carboxylic acids is 1. The number of anilines is 1. The summed E-state index contributed by atoms with van der Waals surface area (Å²) in [5, 5.41) is 14.2. The molecule has 1 aromatic heterocycles. The molecule has 2 aromatic rings. The van der Waals surface area contributed by atoms with Crippen LogP contribution in [-0.4, -0.2) is 48.9 Å². The van der Waals surface area contributed by atoms with E-state index in [9.17, 15) is 9.90 Å². The molecule has 0 saturated carbocycles. The normalized spacial score (nSPS) is 17.8. The zero-order valence-electron chi connectivity index (χ0n) is 13.9. The first-order valence-corrected chi connectivity index (χ1v) is 9.12. The number of ether oxygens (including phenoxy) is 2. The van der Waals surface area contributed by atoms with Gasteiger partial charge in [-0.2, -0.15) is 0 Å². The van der Waals surface area contributed by atoms with Gasteiger partial charge in [0.1, 0.15) is 12.4 Å². The summed E-state index contributed by atoms with van der Waals surface area (Å²) in [5.74, 6) is 0.719. The second-order valence-electron chi connectivity index (χ2n) is 5.89. The summed E-state index contributed by atoms with van der Waals surface area (Å²) in [5.41, 5.74) is 0.708. The van der Waals surface area contributed by atoms with Crippen molar-refractivity contribution >= 4 is 23.1 Å². The lowest BCUT2D eigenvalue weighted by Gasteiger charge is -2.23. The number of aliphatic hydroxyl groups is 1. The van der Waals surface area contributed by atoms with Gasteiger partial charge in [0.25, 0.3) is 0 Å². The molecule has 0 spiro atoms. The zero-order valence-corrected chi connectivity index (χ0v) is 14.7. The minimum Gasteiger partial charge on any atom is -0.488 e. The maximum Gasteiger partial charge on any atom is 0.321 e. The fraction of sp³-hybridized carbons (Fsp3) is 0.389. The number of benzene rings is 1. The number of thiophene rings is 1. The fourth-order valence-corrected chi connectivity index (χ4v) is 3.18. The lowest BCUT2D eigenvalue weighted by molar-refractivity contribution is 0.0958. The Morgan fingerprint density at radius 2 is 2.20 bits per heavy atom. The van der Waals surface area contributed by atoms with Crippen molar-refractivity contribution < 1.29 is 19.4 Å². The van der Waals surface area contributed by atoms with Crippen LogP contribution in [0.5, 0.6) is 5.75 Å². The molecule has 1 fully saturated rings. The third kappa shape index (κ3) is 5.19. The summed E-state index contributed by atoms with van der Waals surface area (Å²) < 4.78 is 11.1. The highest BCUT2D eigenvalue weighted by Crippen LogP contribution is 2.19. The first-order valence-electron chi connectivity index (χ1n) is 8.24. The van der Waals surface area contributed by atoms with Crippen LogP contribution in [0.2, 0.25) is 0 Å². The Hall–Kier alpha value is -2.09. The van der Waals surface area contributed by atoms with Gasteiger partial charge in [-0.25, -0.2) is 4.79 Å². The van der Waals surface area contributed by atoms with Crippen molar-refractivity contribution in [1.29, 1.82) is 0 Å². The van der Waals surface area contributed by atoms with Crippen molar-refractivity contribution in [2.45, 2.75) is 6.61 Å². The predicted octanol–water partition coefficient (Wildman–Crippen LogP) is 2.80. The van der Waals surface area contributed by atoms with E-state index in [2.05, 4.69) is 5.32 Å². The third-order valence-electron chi connectivity index (χ3n) is 3.95. The van der Waals surface area contributed by atoms with Gasteiger partial charge in [0.15, 0.2) is 0 Å². The zero-order chi connectivity index (χ0) is 17.5. The number of rotatable bonds is 5. The van der Waals surface area contributed by atoms with Gasteiger partial charge in [0.2, 0.25) is 0 Å². The number of urea groups is 1. The van der Waals surface area contributed by atoms with Gasteiger partial charge in [0.05, 0.1) is 13.2 Å². The van der Waals surface area contributed by atoms with Gasteiger partial charge >= 0.3 is 6.03 Å². The SMILES string of the molecule is O=C(Nc1ccc(OCc2cccs2)cc1)N1CCOC[C@H](CO)C1. The maximum atomic E-state index is 12.4. The largest absolute Gasteiger partial charge is 0.488 e. The van der Waals surface area contributed by atoms with Crippen molar-refractivity contribution in [2.75, 3.05) is 38.2 Å². The molecule has 0 aliphatic carbocycles. The van der Waals surface area contributed by atoms with Gasteiger partial charge in [0, 0.05) is 36.2 Å². The van der Waals surface area contributed by atoms with Gasteiger partial charge in [-0.15, -0.1) is 11.3 Å². The summed E-state index contributed by atoms with van der Waals surface area (Å²) in [7, 11) is 0. The minimum absolute atomic E-state index is 0.0139. The summed E-state index contributed by atoms with van der Waals surface area (Å²) in [6.45, 7) is 2.53. The fourth-order valence-electron chi connectivity index (χ4n) is 2.56. The van der Waals surface area contributed by atoms with Gasteiger partial charge in [-0.1, -0.05) is 6.07 Å². The molecule has 1 atom stereocenters. The summed E-state index contributed by atoms with van der Waals surface area (Å²) in [4.78, 5) is 15.2. The van der Waals surface area contributed by atoms with Crippen LogP contribution in [0.25, 0.3) is 0 Å². The summed E-state index contributed by atoms with van der Waals surface area (Å²) >= 11 is 1.66. The van der Waals surface area contributed by atoms with Crippen LogP contribution in [0.3, 0.4) is 0 Å². The average molecular weight is 362 g/mol. The Labute approximate surface area is 151 Å². The standard InChI is InChI=1S/C18H22N2O4S/c21-11-14-10-20(7-8-23-12-14)18(22)19-15-3-5-16(6-4-15)24-13-17-2-1-9-25-17/h1-6,9,14,21H,7-8,10-13H2,(H,19,22)/t14-/m0/s1. The van der Waals surface area contributed by atoms with E-state index in [0.717, 1.165) is 5.75 Å². The number of nitrogens with zero attached hydrogens (tertiary/aromatic N) is 1. The van der Waals surface area contributed by atoms with Gasteiger partial charge in [-0.05, 0) is 35.7 Å². The molecule has 1 aliphatic rings. The molecule has 0 unspecified atom stereocenters. The van der Waals surface area contributed by atoms with Crippen molar-refractivity contribution in [1.82, 2.24) is 4.90 Å². The molecular weight excluding hydrogens is 340 g/mol. The molecule has 1 aromatic carbocycles. The smallest absolute Gasteiger partial charge is 0.321 e.